The Balaban J connectivity index is 1.29. The number of methoxy groups -OCH3 is 1. The second-order valence-electron chi connectivity index (χ2n) is 7.58. The topological polar surface area (TPSA) is 79.0 Å². The number of fused-ring (bicyclic) bond motifs is 1. The molecular weight excluding hydrogens is 432 g/mol. The molecule has 0 saturated heterocycles. The number of para-hydroxylation sites is 3. The van der Waals surface area contributed by atoms with E-state index in [0.717, 1.165) is 37.7 Å². The second kappa shape index (κ2) is 8.80. The van der Waals surface area contributed by atoms with Gasteiger partial charge in [0.05, 0.1) is 28.7 Å². The fourth-order valence-electron chi connectivity index (χ4n) is 3.66. The van der Waals surface area contributed by atoms with E-state index >= 15 is 0 Å². The zero-order valence-electron chi connectivity index (χ0n) is 18.2. The number of aryl methyl sites for hydroxylation is 1. The molecule has 6 nitrogen and oxygen atoms in total. The molecule has 7 heteroatoms. The van der Waals surface area contributed by atoms with Crippen molar-refractivity contribution in [2.45, 2.75) is 6.92 Å². The molecule has 33 heavy (non-hydrogen) atoms. The van der Waals surface area contributed by atoms with E-state index in [4.69, 9.17) is 9.72 Å². The number of amides is 2. The first-order valence-corrected chi connectivity index (χ1v) is 11.3. The van der Waals surface area contributed by atoms with Crippen molar-refractivity contribution >= 4 is 39.8 Å². The lowest BCUT2D eigenvalue weighted by molar-refractivity contribution is 0.262. The number of ether oxygens (including phenoxy) is 1. The zero-order valence-corrected chi connectivity index (χ0v) is 19.0. The quantitative estimate of drug-likeness (QED) is 0.270. The van der Waals surface area contributed by atoms with Crippen molar-refractivity contribution in [3.05, 3.63) is 84.4 Å². The number of imidazole rings is 1. The predicted molar refractivity (Wildman–Crippen MR) is 135 cm³/mol. The highest BCUT2D eigenvalue weighted by atomic mass is 32.1. The molecule has 2 amide bonds. The first-order chi connectivity index (χ1) is 16.1. The van der Waals surface area contributed by atoms with Crippen LogP contribution in [0, 0.1) is 6.92 Å². The molecule has 3 aromatic carbocycles. The maximum atomic E-state index is 12.4. The SMILES string of the molecule is COc1ccccc1NC(=O)Nc1ccc(-c2ccc(-c3nc4c(C)cccc4[nH]3)s2)cc1. The standard InChI is InChI=1S/C26H22N4O2S/c1-16-6-5-8-20-24(16)30-25(28-20)23-15-14-22(33-23)17-10-12-18(13-11-17)27-26(31)29-19-7-3-4-9-21(19)32-2/h3-15H,1-2H3,(H,28,30)(H2,27,29,31). The lowest BCUT2D eigenvalue weighted by Crippen LogP contribution is -2.19. The van der Waals surface area contributed by atoms with Crippen LogP contribution in [0.15, 0.2) is 78.9 Å². The third-order valence-electron chi connectivity index (χ3n) is 5.34. The average Bonchev–Trinajstić information content (AvgIpc) is 3.48. The van der Waals surface area contributed by atoms with Gasteiger partial charge in [0.1, 0.15) is 11.6 Å². The molecule has 0 radical (unpaired) electrons. The third kappa shape index (κ3) is 4.31. The maximum absolute atomic E-state index is 12.4. The van der Waals surface area contributed by atoms with Crippen LogP contribution >= 0.6 is 11.3 Å². The Labute approximate surface area is 195 Å². The van der Waals surface area contributed by atoms with Gasteiger partial charge in [0, 0.05) is 10.6 Å². The van der Waals surface area contributed by atoms with Gasteiger partial charge in [-0.15, -0.1) is 11.3 Å². The number of nitrogens with one attached hydrogen (secondary N) is 3. The highest BCUT2D eigenvalue weighted by Crippen LogP contribution is 2.35. The van der Waals surface area contributed by atoms with Crippen molar-refractivity contribution in [2.24, 2.45) is 0 Å². The smallest absolute Gasteiger partial charge is 0.323 e. The van der Waals surface area contributed by atoms with Crippen LogP contribution < -0.4 is 15.4 Å². The summed E-state index contributed by atoms with van der Waals surface area (Å²) in [7, 11) is 1.57. The van der Waals surface area contributed by atoms with Crippen LogP contribution in [0.2, 0.25) is 0 Å². The summed E-state index contributed by atoms with van der Waals surface area (Å²) in [5.41, 5.74) is 5.60. The lowest BCUT2D eigenvalue weighted by atomic mass is 10.2. The van der Waals surface area contributed by atoms with Crippen molar-refractivity contribution in [2.75, 3.05) is 17.7 Å². The van der Waals surface area contributed by atoms with E-state index in [1.807, 2.05) is 48.5 Å². The van der Waals surface area contributed by atoms with Gasteiger partial charge in [-0.2, -0.15) is 0 Å². The third-order valence-corrected chi connectivity index (χ3v) is 6.48. The molecule has 0 saturated carbocycles. The molecule has 3 N–H and O–H groups in total. The van der Waals surface area contributed by atoms with Crippen LogP contribution in [0.1, 0.15) is 5.56 Å². The average molecular weight is 455 g/mol. The molecule has 0 aliphatic carbocycles. The Bertz CT molecular complexity index is 1440. The Morgan fingerprint density at radius 2 is 1.70 bits per heavy atom. The molecule has 5 rings (SSSR count). The Hall–Kier alpha value is -4.10. The van der Waals surface area contributed by atoms with Crippen LogP contribution in [-0.2, 0) is 0 Å². The molecule has 0 atom stereocenters. The normalized spacial score (nSPS) is 10.8. The number of carbonyl (C=O) groups is 1. The van der Waals surface area contributed by atoms with Gasteiger partial charge in [-0.25, -0.2) is 9.78 Å². The molecule has 0 aliphatic rings. The Morgan fingerprint density at radius 3 is 2.48 bits per heavy atom. The number of aromatic amines is 1. The van der Waals surface area contributed by atoms with Crippen LogP contribution in [0.5, 0.6) is 5.75 Å². The highest BCUT2D eigenvalue weighted by Gasteiger charge is 2.11. The van der Waals surface area contributed by atoms with E-state index in [1.165, 1.54) is 0 Å². The number of nitrogens with zero attached hydrogens (tertiary/aromatic N) is 1. The van der Waals surface area contributed by atoms with Crippen molar-refractivity contribution < 1.29 is 9.53 Å². The number of thiophene rings is 1. The van der Waals surface area contributed by atoms with Crippen molar-refractivity contribution in [3.8, 4) is 26.9 Å². The number of urea groups is 1. The van der Waals surface area contributed by atoms with Crippen LogP contribution in [0.25, 0.3) is 32.2 Å². The van der Waals surface area contributed by atoms with E-state index in [1.54, 1.807) is 30.6 Å². The zero-order chi connectivity index (χ0) is 22.8. The molecule has 164 valence electrons. The number of H-pyrrole nitrogens is 1. The summed E-state index contributed by atoms with van der Waals surface area (Å²) in [6.07, 6.45) is 0. The number of aromatic nitrogens is 2. The molecular formula is C26H22N4O2S. The minimum atomic E-state index is -0.328. The molecule has 0 bridgehead atoms. The summed E-state index contributed by atoms with van der Waals surface area (Å²) >= 11 is 1.68. The Kier molecular flexibility index (Phi) is 5.54. The highest BCUT2D eigenvalue weighted by molar-refractivity contribution is 7.18. The summed E-state index contributed by atoms with van der Waals surface area (Å²) in [4.78, 5) is 22.8. The number of carbonyl (C=O) groups excluding carboxylic acids is 1. The summed E-state index contributed by atoms with van der Waals surface area (Å²) in [5, 5.41) is 5.66. The number of hydrogen-bond donors (Lipinski definition) is 3. The van der Waals surface area contributed by atoms with Gasteiger partial charge in [0.25, 0.3) is 0 Å². The molecule has 0 fully saturated rings. The van der Waals surface area contributed by atoms with Gasteiger partial charge >= 0.3 is 6.03 Å². The predicted octanol–water partition coefficient (Wildman–Crippen LogP) is 6.92. The number of anilines is 2. The maximum Gasteiger partial charge on any atom is 0.323 e. The van der Waals surface area contributed by atoms with Gasteiger partial charge in [0.2, 0.25) is 0 Å². The van der Waals surface area contributed by atoms with E-state index in [9.17, 15) is 4.79 Å². The second-order valence-corrected chi connectivity index (χ2v) is 8.66. The number of benzene rings is 3. The molecule has 2 heterocycles. The van der Waals surface area contributed by atoms with Crippen LogP contribution in [-0.4, -0.2) is 23.1 Å². The summed E-state index contributed by atoms with van der Waals surface area (Å²) in [6.45, 7) is 2.07. The van der Waals surface area contributed by atoms with Gasteiger partial charge in [-0.1, -0.05) is 36.4 Å². The number of rotatable bonds is 5. The van der Waals surface area contributed by atoms with E-state index < -0.39 is 0 Å². The number of hydrogen-bond acceptors (Lipinski definition) is 4. The van der Waals surface area contributed by atoms with Crippen LogP contribution in [0.3, 0.4) is 0 Å². The van der Waals surface area contributed by atoms with E-state index in [-0.39, 0.29) is 6.03 Å². The Morgan fingerprint density at radius 1 is 0.909 bits per heavy atom. The molecule has 5 aromatic rings. The molecule has 2 aromatic heterocycles. The minimum absolute atomic E-state index is 0.328. The summed E-state index contributed by atoms with van der Waals surface area (Å²) in [6, 6.07) is 25.1. The van der Waals surface area contributed by atoms with Gasteiger partial charge in [-0.3, -0.25) is 0 Å². The van der Waals surface area contributed by atoms with Gasteiger partial charge in [0.15, 0.2) is 0 Å². The van der Waals surface area contributed by atoms with E-state index in [0.29, 0.717) is 17.1 Å². The minimum Gasteiger partial charge on any atom is -0.495 e. The first kappa shape index (κ1) is 20.8. The molecule has 0 spiro atoms. The molecule has 0 unspecified atom stereocenters. The van der Waals surface area contributed by atoms with Crippen LogP contribution in [0.4, 0.5) is 16.2 Å². The van der Waals surface area contributed by atoms with Gasteiger partial charge in [-0.05, 0) is 60.5 Å². The van der Waals surface area contributed by atoms with Gasteiger partial charge < -0.3 is 20.4 Å². The van der Waals surface area contributed by atoms with Crippen molar-refractivity contribution in [3.63, 3.8) is 0 Å². The lowest BCUT2D eigenvalue weighted by Gasteiger charge is -2.11. The monoisotopic (exact) mass is 454 g/mol. The largest absolute Gasteiger partial charge is 0.495 e. The summed E-state index contributed by atoms with van der Waals surface area (Å²) < 4.78 is 5.27. The van der Waals surface area contributed by atoms with Crippen molar-refractivity contribution in [1.29, 1.82) is 0 Å². The fourth-order valence-corrected chi connectivity index (χ4v) is 4.62. The first-order valence-electron chi connectivity index (χ1n) is 10.5. The fraction of sp³-hybridized carbons (Fsp3) is 0.0769. The van der Waals surface area contributed by atoms with Crippen molar-refractivity contribution in [1.82, 2.24) is 9.97 Å². The molecule has 0 aliphatic heterocycles. The summed E-state index contributed by atoms with van der Waals surface area (Å²) in [5.74, 6) is 1.48. The van der Waals surface area contributed by atoms with E-state index in [2.05, 4.69) is 40.7 Å².